The maximum Gasteiger partial charge on any atom is 1.00 e. The van der Waals surface area contributed by atoms with Crippen LogP contribution < -0.4 is 51.4 Å². The maximum absolute atomic E-state index is 8.88. The quantitative estimate of drug-likeness (QED) is 0.288. The molecule has 0 spiro atoms. The number of hydrogen-bond acceptors (Lipinski definition) is 1. The van der Waals surface area contributed by atoms with Crippen LogP contribution in [0.15, 0.2) is 0 Å². The number of rotatable bonds is 0. The SMILES string of the molecule is F.O=P(O)(O)O.[Co].[H-].[K+]. The maximum atomic E-state index is 8.88. The van der Waals surface area contributed by atoms with Gasteiger partial charge in [0, 0.05) is 16.8 Å². The van der Waals surface area contributed by atoms with Crippen molar-refractivity contribution in [3.8, 4) is 0 Å². The molecule has 0 bridgehead atoms. The van der Waals surface area contributed by atoms with Gasteiger partial charge in [0.25, 0.3) is 0 Å². The molecule has 0 rings (SSSR count). The third kappa shape index (κ3) is 88.6. The fraction of sp³-hybridized carbons (Fsp3) is 0. The van der Waals surface area contributed by atoms with Crippen LogP contribution in [0.25, 0.3) is 0 Å². The topological polar surface area (TPSA) is 77.8 Å². The minimum absolute atomic E-state index is 0. The molecule has 0 amide bonds. The predicted octanol–water partition coefficient (Wildman–Crippen LogP) is -3.66. The molecule has 0 aliphatic carbocycles. The third-order valence-corrected chi connectivity index (χ3v) is 0. The van der Waals surface area contributed by atoms with E-state index in [0.717, 1.165) is 0 Å². The molecule has 0 aromatic carbocycles. The van der Waals surface area contributed by atoms with Crippen LogP contribution in [0.1, 0.15) is 1.43 Å². The Morgan fingerprint density at radius 2 is 1.25 bits per heavy atom. The van der Waals surface area contributed by atoms with Crippen LogP contribution in [-0.2, 0) is 21.3 Å². The van der Waals surface area contributed by atoms with E-state index >= 15 is 0 Å². The fourth-order valence-corrected chi connectivity index (χ4v) is 0. The van der Waals surface area contributed by atoms with Gasteiger partial charge in [0.15, 0.2) is 0 Å². The van der Waals surface area contributed by atoms with Gasteiger partial charge in [-0.15, -0.1) is 0 Å². The van der Waals surface area contributed by atoms with Gasteiger partial charge in [-0.1, -0.05) is 0 Å². The van der Waals surface area contributed by atoms with Crippen molar-refractivity contribution in [2.75, 3.05) is 0 Å². The van der Waals surface area contributed by atoms with Crippen molar-refractivity contribution in [2.45, 2.75) is 0 Å². The minimum atomic E-state index is -4.64. The first-order valence-electron chi connectivity index (χ1n) is 0.783. The van der Waals surface area contributed by atoms with E-state index in [-0.39, 0.29) is 74.3 Å². The molecule has 0 saturated heterocycles. The second kappa shape index (κ2) is 9.18. The molecule has 0 aliphatic heterocycles. The second-order valence-corrected chi connectivity index (χ2v) is 1.54. The van der Waals surface area contributed by atoms with Gasteiger partial charge in [-0.2, -0.15) is 0 Å². The monoisotopic (exact) mass is 217 g/mol. The number of phosphoric acid groups is 1. The molecule has 0 heterocycles. The van der Waals surface area contributed by atoms with Gasteiger partial charge in [-0.25, -0.2) is 4.57 Å². The third-order valence-electron chi connectivity index (χ3n) is 0. The van der Waals surface area contributed by atoms with E-state index in [1.807, 2.05) is 0 Å². The van der Waals surface area contributed by atoms with E-state index in [1.165, 1.54) is 0 Å². The van der Waals surface area contributed by atoms with E-state index in [0.29, 0.717) is 0 Å². The molecule has 0 saturated carbocycles. The molecule has 8 heavy (non-hydrogen) atoms. The zero-order valence-electron chi connectivity index (χ0n) is 4.94. The van der Waals surface area contributed by atoms with Crippen molar-refractivity contribution < 1.29 is 93.5 Å². The first-order valence-corrected chi connectivity index (χ1v) is 2.35. The van der Waals surface area contributed by atoms with Crippen molar-refractivity contribution in [1.29, 1.82) is 0 Å². The standard InChI is InChI=1S/Co.FH.K.H3O4P.H/c;;;1-5(2,3)4;/h;1H;;(H3,1,2,3,4);/q;;+1;;-1. The van der Waals surface area contributed by atoms with Crippen molar-refractivity contribution >= 4 is 7.82 Å². The molecule has 8 heteroatoms. The summed E-state index contributed by atoms with van der Waals surface area (Å²) in [5, 5.41) is 0. The van der Waals surface area contributed by atoms with Gasteiger partial charge in [-0.05, 0) is 0 Å². The Balaban J connectivity index is -0.0000000133. The van der Waals surface area contributed by atoms with Crippen LogP contribution in [0, 0.1) is 0 Å². The van der Waals surface area contributed by atoms with Crippen LogP contribution >= 0.6 is 7.82 Å². The van der Waals surface area contributed by atoms with Crippen LogP contribution in [0.5, 0.6) is 0 Å². The van der Waals surface area contributed by atoms with Gasteiger partial charge < -0.3 is 16.1 Å². The largest absolute Gasteiger partial charge is 1.00 e. The van der Waals surface area contributed by atoms with Gasteiger partial charge in [0.05, 0.1) is 0 Å². The predicted molar refractivity (Wildman–Crippen MR) is 17.9 cm³/mol. The van der Waals surface area contributed by atoms with E-state index in [4.69, 9.17) is 19.2 Å². The van der Waals surface area contributed by atoms with Gasteiger partial charge in [0.1, 0.15) is 0 Å². The zero-order chi connectivity index (χ0) is 4.50. The molecule has 3 N–H and O–H groups in total. The summed E-state index contributed by atoms with van der Waals surface area (Å²) < 4.78 is 8.88. The summed E-state index contributed by atoms with van der Waals surface area (Å²) >= 11 is 0. The van der Waals surface area contributed by atoms with Crippen LogP contribution in [0.2, 0.25) is 0 Å². The minimum Gasteiger partial charge on any atom is -1.00 e. The molecule has 0 aromatic heterocycles. The van der Waals surface area contributed by atoms with Crippen LogP contribution in [-0.4, -0.2) is 14.7 Å². The molecule has 0 atom stereocenters. The first-order chi connectivity index (χ1) is 2.00. The molecule has 4 nitrogen and oxygen atoms in total. The normalized spacial score (nSPS) is 7.38. The van der Waals surface area contributed by atoms with Crippen molar-refractivity contribution in [1.82, 2.24) is 0 Å². The Morgan fingerprint density at radius 1 is 1.25 bits per heavy atom. The van der Waals surface area contributed by atoms with Crippen molar-refractivity contribution in [3.05, 3.63) is 0 Å². The van der Waals surface area contributed by atoms with E-state index in [1.54, 1.807) is 0 Å². The molecule has 51 valence electrons. The molecule has 0 fully saturated rings. The second-order valence-electron chi connectivity index (χ2n) is 0.513. The summed E-state index contributed by atoms with van der Waals surface area (Å²) in [6, 6.07) is 0. The molecular formula is H5CoFKO4P. The Bertz CT molecular complexity index is 66.7. The van der Waals surface area contributed by atoms with Gasteiger partial charge in [0.2, 0.25) is 0 Å². The average Bonchev–Trinajstić information content (AvgIpc) is 0.722. The van der Waals surface area contributed by atoms with E-state index < -0.39 is 7.82 Å². The summed E-state index contributed by atoms with van der Waals surface area (Å²) in [6.07, 6.45) is 0. The zero-order valence-corrected chi connectivity index (χ0v) is 9.00. The smallest absolute Gasteiger partial charge is 1.00 e. The number of halogens is 1. The van der Waals surface area contributed by atoms with Crippen molar-refractivity contribution in [2.24, 2.45) is 0 Å². The van der Waals surface area contributed by atoms with Gasteiger partial charge >= 0.3 is 59.2 Å². The first kappa shape index (κ1) is 22.5. The fourth-order valence-electron chi connectivity index (χ4n) is 0. The Morgan fingerprint density at radius 3 is 1.25 bits per heavy atom. The van der Waals surface area contributed by atoms with Crippen LogP contribution in [0.3, 0.4) is 0 Å². The summed E-state index contributed by atoms with van der Waals surface area (Å²) in [6.45, 7) is 0. The van der Waals surface area contributed by atoms with Crippen molar-refractivity contribution in [3.63, 3.8) is 0 Å². The molecule has 0 aromatic rings. The Kier molecular flexibility index (Phi) is 25.8. The molecular weight excluding hydrogens is 212 g/mol. The summed E-state index contributed by atoms with van der Waals surface area (Å²) in [5.74, 6) is 0. The molecule has 0 unspecified atom stereocenters. The Labute approximate surface area is 99.8 Å². The average molecular weight is 217 g/mol. The summed E-state index contributed by atoms with van der Waals surface area (Å²) in [5.41, 5.74) is 0. The molecule has 0 aliphatic rings. The van der Waals surface area contributed by atoms with E-state index in [9.17, 15) is 0 Å². The summed E-state index contributed by atoms with van der Waals surface area (Å²) in [4.78, 5) is 21.6. The number of hydrogen-bond donors (Lipinski definition) is 3. The summed E-state index contributed by atoms with van der Waals surface area (Å²) in [7, 11) is -4.64. The van der Waals surface area contributed by atoms with Gasteiger partial charge in [-0.3, -0.25) is 4.70 Å². The molecule has 1 radical (unpaired) electrons. The van der Waals surface area contributed by atoms with E-state index in [2.05, 4.69) is 0 Å². The Hall–Kier alpha value is 2.18. The van der Waals surface area contributed by atoms with Crippen LogP contribution in [0.4, 0.5) is 4.70 Å².